The van der Waals surface area contributed by atoms with Crippen LogP contribution in [0.2, 0.25) is 0 Å². The van der Waals surface area contributed by atoms with E-state index in [2.05, 4.69) is 40.3 Å². The minimum Gasteiger partial charge on any atom is -0.478 e. The number of nitrogens with zero attached hydrogens (tertiary/aromatic N) is 11. The highest BCUT2D eigenvalue weighted by atomic mass is 35.5. The van der Waals surface area contributed by atoms with E-state index in [1.54, 1.807) is 201 Å². The number of ether oxygens (including phenoxy) is 3. The van der Waals surface area contributed by atoms with Crippen molar-refractivity contribution < 1.29 is 80.9 Å². The molecule has 0 radical (unpaired) electrons. The van der Waals surface area contributed by atoms with E-state index in [-0.39, 0.29) is 60.3 Å². The Balaban J connectivity index is 0.00000107. The first-order valence-electron chi connectivity index (χ1n) is 29.1. The van der Waals surface area contributed by atoms with Crippen molar-refractivity contribution in [2.75, 3.05) is 45.7 Å². The van der Waals surface area contributed by atoms with Gasteiger partial charge in [0.1, 0.15) is 6.16 Å². The fourth-order valence-corrected chi connectivity index (χ4v) is 7.50. The normalized spacial score (nSPS) is 12.4. The second-order valence-corrected chi connectivity index (χ2v) is 23.6. The molecule has 5 aromatic rings. The van der Waals surface area contributed by atoms with E-state index in [0.717, 1.165) is 54.0 Å². The number of aldehydes is 1. The van der Waals surface area contributed by atoms with Crippen LogP contribution >= 0.6 is 19.2 Å². The molecule has 5 aromatic heterocycles. The van der Waals surface area contributed by atoms with Crippen molar-refractivity contribution in [3.05, 3.63) is 138 Å². The van der Waals surface area contributed by atoms with Gasteiger partial charge in [0.05, 0.1) is 68.4 Å². The summed E-state index contributed by atoms with van der Waals surface area (Å²) in [5, 5.41) is 30.2. The summed E-state index contributed by atoms with van der Waals surface area (Å²) < 4.78 is 43.8. The number of amides is 3. The highest BCUT2D eigenvalue weighted by Crippen LogP contribution is 2.47. The number of nitrogens with one attached hydrogen (secondary N) is 1. The summed E-state index contributed by atoms with van der Waals surface area (Å²) in [7, 11) is 5.67. The number of aliphatic carboxylic acids is 1. The van der Waals surface area contributed by atoms with Gasteiger partial charge in [0.2, 0.25) is 11.1 Å². The average Bonchev–Trinajstić information content (AvgIpc) is 1.38. The molecular weight excluding hydrogens is 1260 g/mol. The molecule has 0 spiro atoms. The molecule has 2 N–H and O–H groups in total. The van der Waals surface area contributed by atoms with Crippen molar-refractivity contribution >= 4 is 103 Å². The Labute approximate surface area is 552 Å². The summed E-state index contributed by atoms with van der Waals surface area (Å²) >= 11 is 5.11. The number of aryl methyl sites for hydroxylation is 5. The van der Waals surface area contributed by atoms with Crippen LogP contribution in [0, 0.1) is 10.8 Å². The minimum atomic E-state index is -3.28. The SMILES string of the molecule is CC(C)(C)C(=O)Cl.CCOC(=O)/C=C/c1cnn(C)c1.CCOC(=O)CP(=O)(OCC)OCC.Cn1cc(/C=C/C(=O)N2CCC=CC2=O)cn1.Cn1cc(/C=C/C(=O)O)cn1.Cn1cc(/C=C/C(=O)OC(=O)C(C)(C)C)cn1.Cn1cc(C=O)cn1.O=C1C=CCCN1. The molecule has 0 saturated carbocycles. The van der Waals surface area contributed by atoms with Gasteiger partial charge >= 0.3 is 37.4 Å². The Bertz CT molecular complexity index is 3430. The van der Waals surface area contributed by atoms with Gasteiger partial charge in [-0.2, -0.15) is 25.5 Å². The van der Waals surface area contributed by atoms with Crippen LogP contribution in [-0.2, 0) is 106 Å². The van der Waals surface area contributed by atoms with Gasteiger partial charge in [0, 0.05) is 131 Å². The third-order valence-corrected chi connectivity index (χ3v) is 13.1. The Morgan fingerprint density at radius 3 is 1.30 bits per heavy atom. The van der Waals surface area contributed by atoms with E-state index >= 15 is 0 Å². The molecule has 0 bridgehead atoms. The number of aromatic nitrogens is 10. The zero-order chi connectivity index (χ0) is 71.5. The predicted octanol–water partition coefficient (Wildman–Crippen LogP) is 7.72. The van der Waals surface area contributed by atoms with Gasteiger partial charge in [-0.15, -0.1) is 0 Å². The molecule has 514 valence electrons. The third-order valence-electron chi connectivity index (χ3n) is 10.6. The van der Waals surface area contributed by atoms with Crippen molar-refractivity contribution in [2.24, 2.45) is 46.1 Å². The molecule has 31 heteroatoms. The molecule has 0 unspecified atom stereocenters. The van der Waals surface area contributed by atoms with Gasteiger partial charge in [-0.25, -0.2) is 14.4 Å². The molecule has 7 rings (SSSR count). The van der Waals surface area contributed by atoms with Crippen LogP contribution < -0.4 is 5.32 Å². The number of hydrogen-bond donors (Lipinski definition) is 2. The molecule has 2 aliphatic rings. The molecule has 0 saturated heterocycles. The standard InChI is InChI=1S/C12H13N3O2.C12H16N2O3.C9H12N2O2.C8H17O5P.C7H8N2O2.C5H9ClO.C5H6N2O.C5H7NO/c1-14-9-10(8-13-14)5-6-12(17)15-7-3-2-4-11(15)16;1-12(2,3)11(16)17-10(15)6-5-9-7-13-14(4)8-9;1-3-13-9(12)5-4-8-6-10-11(2)7-8;1-4-11-8(9)7-14(10,12-5-2)13-6-3;1-9-5-6(4-8-9)2-3-7(10)11;1-5(2,3)4(6)7;1-7-3-5(4-8)2-6-7;7-5-3-1-2-4-6-5/h2,4-6,8-9H,3,7H2,1H3;5-8H,1-4H3;4-7H,3H2,1-2H3;4-7H2,1-3H3;2-5H,1H3,(H,10,11);1-3H3;2-4H,1H3;1,3H,2,4H2,(H,6,7)/b2*6-5+;5-4+;;3-2+;;;. The first kappa shape index (κ1) is 84.4. The van der Waals surface area contributed by atoms with E-state index in [0.29, 0.717) is 18.7 Å². The van der Waals surface area contributed by atoms with Crippen LogP contribution in [0.25, 0.3) is 24.3 Å². The van der Waals surface area contributed by atoms with E-state index in [4.69, 9.17) is 30.5 Å². The number of rotatable bonds is 17. The van der Waals surface area contributed by atoms with Crippen LogP contribution in [0.3, 0.4) is 0 Å². The Hall–Kier alpha value is -9.57. The fraction of sp³-hybridized carbons (Fsp3) is 0.413. The zero-order valence-electron chi connectivity index (χ0n) is 55.9. The van der Waals surface area contributed by atoms with Crippen molar-refractivity contribution in [2.45, 2.75) is 82.1 Å². The van der Waals surface area contributed by atoms with Gasteiger partial charge < -0.3 is 33.7 Å². The van der Waals surface area contributed by atoms with Gasteiger partial charge in [-0.3, -0.25) is 66.4 Å². The lowest BCUT2D eigenvalue weighted by atomic mass is 9.97. The third kappa shape index (κ3) is 41.0. The molecular formula is C63H88ClN12O17P. The molecule has 3 amide bonds. The van der Waals surface area contributed by atoms with Crippen molar-refractivity contribution in [3.8, 4) is 0 Å². The lowest BCUT2D eigenvalue weighted by Crippen LogP contribution is -2.37. The quantitative estimate of drug-likeness (QED) is 0.0171. The van der Waals surface area contributed by atoms with Crippen LogP contribution in [0.5, 0.6) is 0 Å². The average molecular weight is 1350 g/mol. The van der Waals surface area contributed by atoms with Crippen LogP contribution in [0.1, 0.15) is 115 Å². The Morgan fingerprint density at radius 2 is 0.989 bits per heavy atom. The van der Waals surface area contributed by atoms with Crippen LogP contribution in [0.4, 0.5) is 0 Å². The first-order chi connectivity index (χ1) is 44.1. The maximum absolute atomic E-state index is 11.8. The summed E-state index contributed by atoms with van der Waals surface area (Å²) in [5.41, 5.74) is 2.84. The summed E-state index contributed by atoms with van der Waals surface area (Å²) in [4.78, 5) is 110. The van der Waals surface area contributed by atoms with E-state index < -0.39 is 36.9 Å². The molecule has 7 heterocycles. The summed E-state index contributed by atoms with van der Waals surface area (Å²) in [5.74, 6) is -3.56. The number of carboxylic acids is 1. The number of carbonyl (C=O) groups excluding carboxylic acids is 9. The molecule has 0 aromatic carbocycles. The number of imide groups is 1. The van der Waals surface area contributed by atoms with Crippen molar-refractivity contribution in [1.82, 2.24) is 59.1 Å². The summed E-state index contributed by atoms with van der Waals surface area (Å²) in [6, 6.07) is 0. The maximum Gasteiger partial charge on any atom is 0.341 e. The second-order valence-electron chi connectivity index (χ2n) is 21.2. The van der Waals surface area contributed by atoms with Gasteiger partial charge in [-0.05, 0) is 109 Å². The number of halogens is 1. The molecule has 0 atom stereocenters. The number of esters is 4. The molecule has 0 aliphatic carbocycles. The van der Waals surface area contributed by atoms with Gasteiger partial charge in [0.15, 0.2) is 6.29 Å². The van der Waals surface area contributed by atoms with E-state index in [1.807, 2.05) is 19.3 Å². The zero-order valence-corrected chi connectivity index (χ0v) is 57.5. The summed E-state index contributed by atoms with van der Waals surface area (Å²) in [6.07, 6.45) is 37.0. The second kappa shape index (κ2) is 45.7. The maximum atomic E-state index is 11.8. The monoisotopic (exact) mass is 1350 g/mol. The van der Waals surface area contributed by atoms with Gasteiger partial charge in [-0.1, -0.05) is 32.9 Å². The molecule has 29 nitrogen and oxygen atoms in total. The number of hydrogen-bond acceptors (Lipinski definition) is 21. The molecule has 2 aliphatic heterocycles. The highest BCUT2D eigenvalue weighted by molar-refractivity contribution is 7.54. The Kier molecular flexibility index (Phi) is 41.0. The van der Waals surface area contributed by atoms with E-state index in [1.165, 1.54) is 41.5 Å². The first-order valence-corrected chi connectivity index (χ1v) is 31.2. The fourth-order valence-electron chi connectivity index (χ4n) is 6.05. The van der Waals surface area contributed by atoms with Crippen molar-refractivity contribution in [1.29, 1.82) is 0 Å². The largest absolute Gasteiger partial charge is 0.478 e. The van der Waals surface area contributed by atoms with Crippen LogP contribution in [-0.4, -0.2) is 164 Å². The van der Waals surface area contributed by atoms with Crippen LogP contribution in [0.15, 0.2) is 111 Å². The van der Waals surface area contributed by atoms with E-state index in [9.17, 15) is 52.5 Å². The lowest BCUT2D eigenvalue weighted by molar-refractivity contribution is -0.162. The molecule has 0 fully saturated rings. The smallest absolute Gasteiger partial charge is 0.341 e. The topological polar surface area (TPSA) is 359 Å². The Morgan fingerprint density at radius 1 is 0.585 bits per heavy atom. The summed E-state index contributed by atoms with van der Waals surface area (Å²) in [6.45, 7) is 19.6. The number of carbonyl (C=O) groups is 10. The van der Waals surface area contributed by atoms with Gasteiger partial charge in [0.25, 0.3) is 11.8 Å². The molecule has 94 heavy (non-hydrogen) atoms. The lowest BCUT2D eigenvalue weighted by Gasteiger charge is -2.19. The highest BCUT2D eigenvalue weighted by Gasteiger charge is 2.28. The predicted molar refractivity (Wildman–Crippen MR) is 352 cm³/mol. The minimum absolute atomic E-state index is 0.0336. The number of carboxylic acid groups (broad SMARTS) is 1. The van der Waals surface area contributed by atoms with Crippen molar-refractivity contribution in [3.63, 3.8) is 0 Å².